The summed E-state index contributed by atoms with van der Waals surface area (Å²) >= 11 is 7.72. The van der Waals surface area contributed by atoms with Gasteiger partial charge >= 0.3 is 0 Å². The number of methoxy groups -OCH3 is 1. The number of carbonyl (C=O) groups is 1. The highest BCUT2D eigenvalue weighted by molar-refractivity contribution is 7.08. The van der Waals surface area contributed by atoms with Crippen LogP contribution in [0.5, 0.6) is 5.75 Å². The Bertz CT molecular complexity index is 1190. The SMILES string of the molecule is COc1ccc(C(C)(C)N[C@@H]2CC[C@H](C(=O)N3CCN(c4ccc(Cl)cn4)CC3)[C@@H](c3ccsc3)C2)cc1. The Kier molecular flexibility index (Phi) is 8.26. The molecule has 1 saturated heterocycles. The van der Waals surface area contributed by atoms with E-state index in [9.17, 15) is 4.79 Å². The molecule has 3 atom stereocenters. The molecule has 3 aromatic rings. The van der Waals surface area contributed by atoms with E-state index >= 15 is 0 Å². The number of hydrogen-bond acceptors (Lipinski definition) is 6. The van der Waals surface area contributed by atoms with Gasteiger partial charge in [-0.05, 0) is 91.2 Å². The molecule has 1 N–H and O–H groups in total. The third kappa shape index (κ3) is 6.00. The van der Waals surface area contributed by atoms with Crippen molar-refractivity contribution in [2.75, 3.05) is 38.2 Å². The van der Waals surface area contributed by atoms with Crippen LogP contribution in [0.15, 0.2) is 59.4 Å². The molecule has 0 radical (unpaired) electrons. The second kappa shape index (κ2) is 11.6. The Morgan fingerprint density at radius 2 is 1.84 bits per heavy atom. The minimum absolute atomic E-state index is 0.0203. The molecular formula is C30H37ClN4O2S. The van der Waals surface area contributed by atoms with Gasteiger partial charge in [0.15, 0.2) is 0 Å². The minimum Gasteiger partial charge on any atom is -0.497 e. The van der Waals surface area contributed by atoms with Gasteiger partial charge in [0.05, 0.1) is 12.1 Å². The van der Waals surface area contributed by atoms with Gasteiger partial charge in [0.2, 0.25) is 5.91 Å². The number of thiophene rings is 1. The summed E-state index contributed by atoms with van der Waals surface area (Å²) in [6.07, 6.45) is 4.53. The number of piperazine rings is 1. The summed E-state index contributed by atoms with van der Waals surface area (Å²) < 4.78 is 5.34. The maximum atomic E-state index is 13.9. The first-order valence-electron chi connectivity index (χ1n) is 13.4. The van der Waals surface area contributed by atoms with Crippen molar-refractivity contribution in [2.24, 2.45) is 5.92 Å². The molecule has 6 nitrogen and oxygen atoms in total. The second-order valence-electron chi connectivity index (χ2n) is 10.9. The fourth-order valence-corrected chi connectivity index (χ4v) is 6.84. The third-order valence-corrected chi connectivity index (χ3v) is 9.07. The van der Waals surface area contributed by atoms with Crippen molar-refractivity contribution >= 4 is 34.7 Å². The van der Waals surface area contributed by atoms with E-state index in [0.29, 0.717) is 17.0 Å². The molecule has 1 saturated carbocycles. The Morgan fingerprint density at radius 1 is 1.08 bits per heavy atom. The van der Waals surface area contributed by atoms with Crippen molar-refractivity contribution in [1.82, 2.24) is 15.2 Å². The molecule has 1 aliphatic carbocycles. The number of pyridine rings is 1. The van der Waals surface area contributed by atoms with Gasteiger partial charge in [-0.1, -0.05) is 23.7 Å². The first-order valence-corrected chi connectivity index (χ1v) is 14.8. The molecule has 0 spiro atoms. The van der Waals surface area contributed by atoms with Crippen LogP contribution in [0.2, 0.25) is 5.02 Å². The van der Waals surface area contributed by atoms with Crippen LogP contribution in [0.3, 0.4) is 0 Å². The summed E-state index contributed by atoms with van der Waals surface area (Å²) in [4.78, 5) is 22.6. The number of anilines is 1. The number of hydrogen-bond donors (Lipinski definition) is 1. The average Bonchev–Trinajstić information content (AvgIpc) is 3.48. The smallest absolute Gasteiger partial charge is 0.226 e. The molecule has 8 heteroatoms. The summed E-state index contributed by atoms with van der Waals surface area (Å²) in [5.74, 6) is 2.34. The van der Waals surface area contributed by atoms with E-state index < -0.39 is 0 Å². The van der Waals surface area contributed by atoms with Gasteiger partial charge in [-0.25, -0.2) is 4.98 Å². The van der Waals surface area contributed by atoms with Crippen molar-refractivity contribution in [2.45, 2.75) is 50.6 Å². The topological polar surface area (TPSA) is 57.7 Å². The molecule has 1 aliphatic heterocycles. The Labute approximate surface area is 235 Å². The van der Waals surface area contributed by atoms with Crippen LogP contribution in [0, 0.1) is 5.92 Å². The lowest BCUT2D eigenvalue weighted by molar-refractivity contribution is -0.137. The Balaban J connectivity index is 1.24. The van der Waals surface area contributed by atoms with Crippen molar-refractivity contribution in [3.05, 3.63) is 75.6 Å². The van der Waals surface area contributed by atoms with E-state index in [2.05, 4.69) is 62.9 Å². The number of rotatable bonds is 7. The Hall–Kier alpha value is -2.61. The first kappa shape index (κ1) is 27.0. The fraction of sp³-hybridized carbons (Fsp3) is 0.467. The summed E-state index contributed by atoms with van der Waals surface area (Å²) in [7, 11) is 1.69. The van der Waals surface area contributed by atoms with Gasteiger partial charge in [-0.3, -0.25) is 4.79 Å². The van der Waals surface area contributed by atoms with Gasteiger partial charge in [0, 0.05) is 49.9 Å². The van der Waals surface area contributed by atoms with Gasteiger partial charge in [0.1, 0.15) is 11.6 Å². The lowest BCUT2D eigenvalue weighted by atomic mass is 9.72. The summed E-state index contributed by atoms with van der Waals surface area (Å²) in [5, 5.41) is 8.92. The molecule has 2 fully saturated rings. The monoisotopic (exact) mass is 552 g/mol. The zero-order chi connectivity index (χ0) is 26.7. The molecule has 2 aliphatic rings. The van der Waals surface area contributed by atoms with E-state index in [-0.39, 0.29) is 17.4 Å². The molecule has 0 unspecified atom stereocenters. The molecule has 1 amide bonds. The average molecular weight is 553 g/mol. The van der Waals surface area contributed by atoms with E-state index in [1.165, 1.54) is 11.1 Å². The lowest BCUT2D eigenvalue weighted by Gasteiger charge is -2.43. The van der Waals surface area contributed by atoms with Crippen molar-refractivity contribution in [1.29, 1.82) is 0 Å². The molecule has 0 bridgehead atoms. The predicted molar refractivity (Wildman–Crippen MR) is 155 cm³/mol. The highest BCUT2D eigenvalue weighted by atomic mass is 35.5. The number of benzene rings is 1. The second-order valence-corrected chi connectivity index (χ2v) is 12.1. The Morgan fingerprint density at radius 3 is 2.47 bits per heavy atom. The zero-order valence-corrected chi connectivity index (χ0v) is 24.0. The van der Waals surface area contributed by atoms with Crippen LogP contribution in [-0.2, 0) is 10.3 Å². The molecule has 1 aromatic carbocycles. The zero-order valence-electron chi connectivity index (χ0n) is 22.4. The molecule has 5 rings (SSSR count). The molecule has 202 valence electrons. The van der Waals surface area contributed by atoms with Crippen LogP contribution in [-0.4, -0.2) is 55.1 Å². The van der Waals surface area contributed by atoms with Gasteiger partial charge in [0.25, 0.3) is 0 Å². The minimum atomic E-state index is -0.182. The van der Waals surface area contributed by atoms with E-state index in [1.54, 1.807) is 24.6 Å². The van der Waals surface area contributed by atoms with Crippen LogP contribution in [0.25, 0.3) is 0 Å². The van der Waals surface area contributed by atoms with E-state index in [1.807, 2.05) is 24.3 Å². The maximum absolute atomic E-state index is 13.9. The normalized spacial score (nSPS) is 22.4. The van der Waals surface area contributed by atoms with Crippen LogP contribution in [0.1, 0.15) is 50.2 Å². The highest BCUT2D eigenvalue weighted by Crippen LogP contribution is 2.41. The van der Waals surface area contributed by atoms with Crippen molar-refractivity contribution in [3.63, 3.8) is 0 Å². The molecule has 3 heterocycles. The number of nitrogens with zero attached hydrogens (tertiary/aromatic N) is 3. The van der Waals surface area contributed by atoms with Crippen LogP contribution < -0.4 is 15.0 Å². The van der Waals surface area contributed by atoms with E-state index in [4.69, 9.17) is 16.3 Å². The molecule has 38 heavy (non-hydrogen) atoms. The summed E-state index contributed by atoms with van der Waals surface area (Å²) in [5.41, 5.74) is 2.35. The summed E-state index contributed by atoms with van der Waals surface area (Å²) in [6, 6.07) is 14.7. The number of amides is 1. The van der Waals surface area contributed by atoms with Gasteiger partial charge in [-0.15, -0.1) is 0 Å². The number of aromatic nitrogens is 1. The van der Waals surface area contributed by atoms with Crippen molar-refractivity contribution in [3.8, 4) is 5.75 Å². The quantitative estimate of drug-likeness (QED) is 0.393. The molecular weight excluding hydrogens is 516 g/mol. The summed E-state index contributed by atoms with van der Waals surface area (Å²) in [6.45, 7) is 7.50. The van der Waals surface area contributed by atoms with Crippen LogP contribution in [0.4, 0.5) is 5.82 Å². The van der Waals surface area contributed by atoms with Gasteiger partial charge < -0.3 is 19.9 Å². The largest absolute Gasteiger partial charge is 0.497 e. The number of nitrogens with one attached hydrogen (secondary N) is 1. The van der Waals surface area contributed by atoms with E-state index in [0.717, 1.165) is 57.0 Å². The van der Waals surface area contributed by atoms with Gasteiger partial charge in [-0.2, -0.15) is 11.3 Å². The van der Waals surface area contributed by atoms with Crippen LogP contribution >= 0.6 is 22.9 Å². The molecule has 2 aromatic heterocycles. The fourth-order valence-electron chi connectivity index (χ4n) is 6.00. The highest BCUT2D eigenvalue weighted by Gasteiger charge is 2.40. The lowest BCUT2D eigenvalue weighted by Crippen LogP contribution is -2.53. The standard InChI is InChI=1S/C30H37ClN4O2S/c1-30(2,22-4-8-25(37-3)9-5-22)33-24-7-10-26(27(18-24)21-12-17-38-20-21)29(36)35-15-13-34(14-16-35)28-11-6-23(31)19-32-28/h4-6,8-9,11-12,17,19-20,24,26-27,33H,7,10,13-16,18H2,1-3H3/t24-,26+,27-/m1/s1. The van der Waals surface area contributed by atoms with Crippen molar-refractivity contribution < 1.29 is 9.53 Å². The number of halogens is 1. The number of ether oxygens (including phenoxy) is 1. The maximum Gasteiger partial charge on any atom is 0.226 e. The first-order chi connectivity index (χ1) is 18.3. The number of carbonyl (C=O) groups excluding carboxylic acids is 1. The third-order valence-electron chi connectivity index (χ3n) is 8.14. The predicted octanol–water partition coefficient (Wildman–Crippen LogP) is 5.93.